The molecule has 0 aliphatic carbocycles. The first-order valence-corrected chi connectivity index (χ1v) is 12.8. The number of hydrogen-bond acceptors (Lipinski definition) is 9. The van der Waals surface area contributed by atoms with Crippen LogP contribution in [0, 0.1) is 28.4 Å². The van der Waals surface area contributed by atoms with Crippen LogP contribution in [0.25, 0.3) is 0 Å². The number of nitriles is 1. The zero-order chi connectivity index (χ0) is 28.4. The summed E-state index contributed by atoms with van der Waals surface area (Å²) in [6.07, 6.45) is 3.37. The summed E-state index contributed by atoms with van der Waals surface area (Å²) in [4.78, 5) is 9.55. The summed E-state index contributed by atoms with van der Waals surface area (Å²) in [6, 6.07) is 21.9. The standard InChI is InChI=1S/C20H21NO5P.C7H4N2O3/c1-16-5-4-14-21(15-16)27(22,25-19-10-6-17(23-2)7-11-19)26-20-12-8-18(24-3)9-13-20;8-4-5-3-6(10)1-2-7(5)9(11)12/h4-15H,1-3H3;1-3,10H/q+1;/p-1. The van der Waals surface area contributed by atoms with Crippen molar-refractivity contribution in [3.8, 4) is 34.8 Å². The highest BCUT2D eigenvalue weighted by Crippen LogP contribution is 2.44. The van der Waals surface area contributed by atoms with Crippen LogP contribution in [-0.4, -0.2) is 19.1 Å². The first-order valence-electron chi connectivity index (χ1n) is 11.3. The number of ether oxygens (including phenoxy) is 2. The lowest BCUT2D eigenvalue weighted by atomic mass is 10.2. The highest BCUT2D eigenvalue weighted by Gasteiger charge is 2.42. The van der Waals surface area contributed by atoms with Gasteiger partial charge in [0.2, 0.25) is 0 Å². The zero-order valence-electron chi connectivity index (χ0n) is 21.2. The SMILES string of the molecule is COc1ccc(OP(=O)(Oc2ccc(OC)cc2)[n+]2cccc(C)c2)cc1.N#Cc1cc([O-])ccc1[N+](=O)[O-]. The lowest BCUT2D eigenvalue weighted by Gasteiger charge is -2.14. The van der Waals surface area contributed by atoms with Crippen LogP contribution in [-0.2, 0) is 4.57 Å². The molecule has 4 aromatic rings. The Kier molecular flexibility index (Phi) is 9.46. The van der Waals surface area contributed by atoms with Crippen molar-refractivity contribution in [3.05, 3.63) is 112 Å². The van der Waals surface area contributed by atoms with Crippen LogP contribution in [0.3, 0.4) is 0 Å². The van der Waals surface area contributed by atoms with Gasteiger partial charge in [-0.05, 0) is 67.6 Å². The van der Waals surface area contributed by atoms with Crippen molar-refractivity contribution in [2.24, 2.45) is 0 Å². The van der Waals surface area contributed by atoms with E-state index < -0.39 is 18.4 Å². The molecule has 200 valence electrons. The third-order valence-corrected chi connectivity index (χ3v) is 6.76. The van der Waals surface area contributed by atoms with Gasteiger partial charge in [-0.25, -0.2) is 0 Å². The maximum absolute atomic E-state index is 13.7. The van der Waals surface area contributed by atoms with Crippen molar-refractivity contribution in [2.45, 2.75) is 6.92 Å². The lowest BCUT2D eigenvalue weighted by molar-refractivity contribution is -0.536. The van der Waals surface area contributed by atoms with Crippen molar-refractivity contribution in [3.63, 3.8) is 0 Å². The fourth-order valence-electron chi connectivity index (χ4n) is 3.15. The van der Waals surface area contributed by atoms with Crippen LogP contribution in [0.2, 0.25) is 0 Å². The number of nitro benzene ring substituents is 1. The molecule has 0 atom stereocenters. The summed E-state index contributed by atoms with van der Waals surface area (Å²) >= 11 is 0. The van der Waals surface area contributed by atoms with E-state index in [1.165, 1.54) is 4.34 Å². The minimum atomic E-state index is -3.75. The van der Waals surface area contributed by atoms with E-state index in [0.717, 1.165) is 23.8 Å². The molecule has 0 fully saturated rings. The first-order chi connectivity index (χ1) is 18.7. The molecule has 0 unspecified atom stereocenters. The van der Waals surface area contributed by atoms with E-state index in [4.69, 9.17) is 23.8 Å². The number of rotatable bonds is 8. The van der Waals surface area contributed by atoms with Gasteiger partial charge in [-0.1, -0.05) is 10.4 Å². The van der Waals surface area contributed by atoms with Gasteiger partial charge >= 0.3 is 7.75 Å². The average molecular weight is 549 g/mol. The molecule has 0 spiro atoms. The van der Waals surface area contributed by atoms with Crippen LogP contribution in [0.5, 0.6) is 28.7 Å². The van der Waals surface area contributed by atoms with E-state index in [2.05, 4.69) is 0 Å². The molecular formula is C27H24N3O8P. The second kappa shape index (κ2) is 12.9. The zero-order valence-corrected chi connectivity index (χ0v) is 22.1. The number of benzene rings is 3. The highest BCUT2D eigenvalue weighted by molar-refractivity contribution is 7.47. The Morgan fingerprint density at radius 3 is 1.82 bits per heavy atom. The monoisotopic (exact) mass is 549 g/mol. The Hall–Kier alpha value is -5.07. The molecule has 4 rings (SSSR count). The van der Waals surface area contributed by atoms with E-state index >= 15 is 0 Å². The third-order valence-electron chi connectivity index (χ3n) is 5.06. The van der Waals surface area contributed by atoms with Gasteiger partial charge < -0.3 is 23.6 Å². The first kappa shape index (κ1) is 28.5. The Bertz CT molecular complexity index is 1470. The molecule has 1 heterocycles. The van der Waals surface area contributed by atoms with Crippen molar-refractivity contribution >= 4 is 13.4 Å². The van der Waals surface area contributed by atoms with Crippen LogP contribution >= 0.6 is 7.75 Å². The number of pyridine rings is 1. The van der Waals surface area contributed by atoms with Gasteiger partial charge in [-0.15, -0.1) is 5.75 Å². The molecule has 11 nitrogen and oxygen atoms in total. The van der Waals surface area contributed by atoms with E-state index in [9.17, 15) is 19.8 Å². The summed E-state index contributed by atoms with van der Waals surface area (Å²) in [6.45, 7) is 1.90. The highest BCUT2D eigenvalue weighted by atomic mass is 31.2. The molecule has 0 N–H and O–H groups in total. The molecule has 0 saturated heterocycles. The van der Waals surface area contributed by atoms with Gasteiger partial charge in [0.15, 0.2) is 12.4 Å². The second-order valence-electron chi connectivity index (χ2n) is 7.81. The van der Waals surface area contributed by atoms with Crippen LogP contribution in [0.15, 0.2) is 91.3 Å². The molecule has 0 aliphatic heterocycles. The van der Waals surface area contributed by atoms with Crippen molar-refractivity contribution in [1.29, 1.82) is 5.26 Å². The minimum absolute atomic E-state index is 0.201. The van der Waals surface area contributed by atoms with Gasteiger partial charge in [0.25, 0.3) is 5.69 Å². The largest absolute Gasteiger partial charge is 0.872 e. The molecule has 0 saturated carbocycles. The third kappa shape index (κ3) is 7.71. The van der Waals surface area contributed by atoms with Crippen molar-refractivity contribution in [2.75, 3.05) is 14.2 Å². The molecule has 12 heteroatoms. The Morgan fingerprint density at radius 2 is 1.38 bits per heavy atom. The summed E-state index contributed by atoms with van der Waals surface area (Å²) in [7, 11) is -0.596. The van der Waals surface area contributed by atoms with Gasteiger partial charge in [0, 0.05) is 17.7 Å². The number of aryl methyl sites for hydroxylation is 1. The second-order valence-corrected chi connectivity index (χ2v) is 9.58. The molecule has 0 amide bonds. The van der Waals surface area contributed by atoms with E-state index in [0.29, 0.717) is 23.0 Å². The average Bonchev–Trinajstić information content (AvgIpc) is 2.94. The van der Waals surface area contributed by atoms with Crippen LogP contribution in [0.4, 0.5) is 5.69 Å². The smallest absolute Gasteiger partial charge is 0.728 e. The number of methoxy groups -OCH3 is 2. The normalized spacial score (nSPS) is 10.3. The summed E-state index contributed by atoms with van der Waals surface area (Å²) < 4.78 is 37.0. The van der Waals surface area contributed by atoms with Crippen molar-refractivity contribution < 1.29 is 37.5 Å². The van der Waals surface area contributed by atoms with E-state index in [1.54, 1.807) is 87.3 Å². The van der Waals surface area contributed by atoms with Crippen molar-refractivity contribution in [1.82, 2.24) is 0 Å². The molecule has 39 heavy (non-hydrogen) atoms. The molecule has 1 aromatic heterocycles. The Labute approximate surface area is 224 Å². The predicted octanol–water partition coefficient (Wildman–Crippen LogP) is 4.95. The number of aromatic nitrogens is 1. The summed E-state index contributed by atoms with van der Waals surface area (Å²) in [5.41, 5.74) is 0.388. The van der Waals surface area contributed by atoms with Gasteiger partial charge in [-0.2, -0.15) is 9.83 Å². The molecule has 0 radical (unpaired) electrons. The fourth-order valence-corrected chi connectivity index (χ4v) is 4.71. The van der Waals surface area contributed by atoms with Gasteiger partial charge in [0.1, 0.15) is 34.6 Å². The number of hydrogen-bond donors (Lipinski definition) is 0. The van der Waals surface area contributed by atoms with Gasteiger partial charge in [-0.3, -0.25) is 10.1 Å². The van der Waals surface area contributed by atoms with E-state index in [-0.39, 0.29) is 11.3 Å². The molecule has 0 bridgehead atoms. The lowest BCUT2D eigenvalue weighted by Crippen LogP contribution is -2.35. The fraction of sp³-hybridized carbons (Fsp3) is 0.111. The quantitative estimate of drug-likeness (QED) is 0.169. The summed E-state index contributed by atoms with van der Waals surface area (Å²) in [5, 5.41) is 29.3. The number of nitrogens with zero attached hydrogens (tertiary/aromatic N) is 3. The molecular weight excluding hydrogens is 525 g/mol. The maximum atomic E-state index is 13.7. The maximum Gasteiger partial charge on any atom is 0.728 e. The van der Waals surface area contributed by atoms with Crippen LogP contribution in [0.1, 0.15) is 11.1 Å². The van der Waals surface area contributed by atoms with Gasteiger partial charge in [0.05, 0.1) is 19.1 Å². The topological polar surface area (TPSA) is 148 Å². The summed E-state index contributed by atoms with van der Waals surface area (Å²) in [5.74, 6) is 1.76. The minimum Gasteiger partial charge on any atom is -0.872 e. The molecule has 0 aliphatic rings. The van der Waals surface area contributed by atoms with E-state index in [1.807, 2.05) is 13.0 Å². The Balaban J connectivity index is 0.000000293. The van der Waals surface area contributed by atoms with Crippen LogP contribution < -0.4 is 28.0 Å². The predicted molar refractivity (Wildman–Crippen MR) is 139 cm³/mol. The molecule has 3 aromatic carbocycles. The number of nitro groups is 1. The Morgan fingerprint density at radius 1 is 0.872 bits per heavy atom.